The number of benzene rings is 2. The lowest BCUT2D eigenvalue weighted by Crippen LogP contribution is -2.46. The Morgan fingerprint density at radius 2 is 1.50 bits per heavy atom. The van der Waals surface area contributed by atoms with Gasteiger partial charge in [-0.25, -0.2) is 14.9 Å². The van der Waals surface area contributed by atoms with Crippen molar-refractivity contribution in [3.05, 3.63) is 70.8 Å². The summed E-state index contributed by atoms with van der Waals surface area (Å²) in [5.41, 5.74) is 4.00. The van der Waals surface area contributed by atoms with Gasteiger partial charge in [-0.15, -0.1) is 0 Å². The van der Waals surface area contributed by atoms with Gasteiger partial charge in [0.25, 0.3) is 0 Å². The van der Waals surface area contributed by atoms with Crippen LogP contribution in [0.25, 0.3) is 0 Å². The van der Waals surface area contributed by atoms with Gasteiger partial charge in [-0.2, -0.15) is 0 Å². The summed E-state index contributed by atoms with van der Waals surface area (Å²) in [5.74, 6) is 0.766. The Morgan fingerprint density at radius 3 is 2.04 bits per heavy atom. The van der Waals surface area contributed by atoms with E-state index < -0.39 is 5.72 Å². The predicted molar refractivity (Wildman–Crippen MR) is 105 cm³/mol. The van der Waals surface area contributed by atoms with Gasteiger partial charge in [0.2, 0.25) is 11.7 Å². The van der Waals surface area contributed by atoms with E-state index in [1.807, 2.05) is 7.05 Å². The molecule has 0 bridgehead atoms. The van der Waals surface area contributed by atoms with Gasteiger partial charge in [0.1, 0.15) is 0 Å². The average molecular weight is 349 g/mol. The molecule has 1 aliphatic carbocycles. The molecular formula is C22H27N3O. The van der Waals surface area contributed by atoms with E-state index in [0.29, 0.717) is 0 Å². The molecular weight excluding hydrogens is 322 g/mol. The van der Waals surface area contributed by atoms with Gasteiger partial charge in [0.15, 0.2) is 0 Å². The molecule has 0 aromatic heterocycles. The maximum Gasteiger partial charge on any atom is 0.240 e. The highest BCUT2D eigenvalue weighted by atomic mass is 16.7. The first kappa shape index (κ1) is 17.1. The number of hydroxylamine groups is 2. The first-order chi connectivity index (χ1) is 12.4. The van der Waals surface area contributed by atoms with Crippen molar-refractivity contribution >= 4 is 5.96 Å². The number of fused-ring (bicyclic) bond motifs is 4. The van der Waals surface area contributed by atoms with Crippen LogP contribution >= 0.6 is 0 Å². The molecule has 1 heterocycles. The molecule has 0 unspecified atom stereocenters. The fourth-order valence-electron chi connectivity index (χ4n) is 3.89. The molecule has 1 N–H and O–H groups in total. The van der Waals surface area contributed by atoms with Crippen LogP contribution in [0.3, 0.4) is 0 Å². The van der Waals surface area contributed by atoms with Crippen molar-refractivity contribution in [1.29, 1.82) is 0 Å². The minimum absolute atomic E-state index is 0.0946. The second kappa shape index (κ2) is 6.13. The predicted octanol–water partition coefficient (Wildman–Crippen LogP) is 4.00. The monoisotopic (exact) mass is 349 g/mol. The van der Waals surface area contributed by atoms with Crippen LogP contribution in [-0.2, 0) is 23.4 Å². The fraction of sp³-hybridized carbons (Fsp3) is 0.409. The van der Waals surface area contributed by atoms with Gasteiger partial charge in [0, 0.05) is 23.7 Å². The van der Waals surface area contributed by atoms with E-state index >= 15 is 0 Å². The summed E-state index contributed by atoms with van der Waals surface area (Å²) in [7, 11) is 1.93. The third-order valence-corrected chi connectivity index (χ3v) is 4.97. The molecule has 2 aromatic rings. The maximum atomic E-state index is 6.50. The Hall–Kier alpha value is -2.33. The van der Waals surface area contributed by atoms with Crippen molar-refractivity contribution in [3.63, 3.8) is 0 Å². The summed E-state index contributed by atoms with van der Waals surface area (Å²) < 4.78 is 0. The molecule has 4 nitrogen and oxygen atoms in total. The summed E-state index contributed by atoms with van der Waals surface area (Å²) in [6, 6.07) is 17.1. The van der Waals surface area contributed by atoms with Crippen LogP contribution in [0.2, 0.25) is 0 Å². The second-order valence-corrected chi connectivity index (χ2v) is 8.21. The summed E-state index contributed by atoms with van der Waals surface area (Å²) in [4.78, 5) is 11.6. The van der Waals surface area contributed by atoms with Crippen LogP contribution in [0.4, 0.5) is 0 Å². The standard InChI is InChI=1S/C22H27N3O/c1-21(2,3)23-20-24-22(26-25(20)4)18-14-7-5-10-16(18)12-9-13-17-11-6-8-15-19(17)22/h5-8,10-11,14-15H,9,12-13H2,1-4H3,(H,23,24). The van der Waals surface area contributed by atoms with Crippen molar-refractivity contribution in [3.8, 4) is 0 Å². The Bertz CT molecular complexity index is 803. The Kier molecular flexibility index (Phi) is 4.03. The molecule has 2 aromatic carbocycles. The van der Waals surface area contributed by atoms with Crippen LogP contribution in [0, 0.1) is 0 Å². The van der Waals surface area contributed by atoms with Crippen LogP contribution < -0.4 is 5.32 Å². The minimum Gasteiger partial charge on any atom is -0.350 e. The highest BCUT2D eigenvalue weighted by Crippen LogP contribution is 2.44. The van der Waals surface area contributed by atoms with Gasteiger partial charge in [-0.05, 0) is 51.2 Å². The summed E-state index contributed by atoms with van der Waals surface area (Å²) >= 11 is 0. The van der Waals surface area contributed by atoms with Gasteiger partial charge < -0.3 is 5.32 Å². The fourth-order valence-corrected chi connectivity index (χ4v) is 3.89. The van der Waals surface area contributed by atoms with Crippen LogP contribution in [0.1, 0.15) is 49.4 Å². The third kappa shape index (κ3) is 2.88. The highest BCUT2D eigenvalue weighted by Gasteiger charge is 2.46. The summed E-state index contributed by atoms with van der Waals surface area (Å²) in [6.07, 6.45) is 3.21. The number of guanidine groups is 1. The van der Waals surface area contributed by atoms with Crippen molar-refractivity contribution in [2.75, 3.05) is 7.05 Å². The second-order valence-electron chi connectivity index (χ2n) is 8.21. The Labute approximate surface area is 155 Å². The zero-order valence-corrected chi connectivity index (χ0v) is 16.0. The molecule has 0 radical (unpaired) electrons. The first-order valence-electron chi connectivity index (χ1n) is 9.37. The largest absolute Gasteiger partial charge is 0.350 e. The van der Waals surface area contributed by atoms with E-state index in [-0.39, 0.29) is 5.54 Å². The maximum absolute atomic E-state index is 6.50. The molecule has 4 rings (SSSR count). The van der Waals surface area contributed by atoms with Crippen molar-refractivity contribution < 1.29 is 4.84 Å². The molecule has 4 heteroatoms. The van der Waals surface area contributed by atoms with Gasteiger partial charge in [-0.1, -0.05) is 48.5 Å². The molecule has 2 aliphatic rings. The van der Waals surface area contributed by atoms with E-state index in [1.54, 1.807) is 5.06 Å². The summed E-state index contributed by atoms with van der Waals surface area (Å²) in [5, 5.41) is 5.27. The molecule has 1 aliphatic heterocycles. The van der Waals surface area contributed by atoms with Crippen molar-refractivity contribution in [2.24, 2.45) is 4.99 Å². The van der Waals surface area contributed by atoms with Gasteiger partial charge >= 0.3 is 0 Å². The topological polar surface area (TPSA) is 36.9 Å². The molecule has 136 valence electrons. The normalized spacial score (nSPS) is 18.6. The molecule has 0 amide bonds. The smallest absolute Gasteiger partial charge is 0.240 e. The average Bonchev–Trinajstić information content (AvgIpc) is 2.90. The zero-order chi connectivity index (χ0) is 18.4. The minimum atomic E-state index is -0.823. The summed E-state index contributed by atoms with van der Waals surface area (Å²) in [6.45, 7) is 6.40. The molecule has 26 heavy (non-hydrogen) atoms. The molecule has 0 atom stereocenters. The Morgan fingerprint density at radius 1 is 0.962 bits per heavy atom. The first-order valence-corrected chi connectivity index (χ1v) is 9.37. The van der Waals surface area contributed by atoms with Crippen LogP contribution in [-0.4, -0.2) is 23.6 Å². The van der Waals surface area contributed by atoms with Crippen LogP contribution in [0.15, 0.2) is 53.5 Å². The number of hydrogen-bond donors (Lipinski definition) is 1. The SMILES string of the molecule is CN1OC2(N=C1NC(C)(C)C)c1ccccc1CCCc1ccccc12. The number of aryl methyl sites for hydroxylation is 2. The van der Waals surface area contributed by atoms with E-state index in [2.05, 4.69) is 74.6 Å². The molecule has 1 spiro atoms. The quantitative estimate of drug-likeness (QED) is 0.781. The lowest BCUT2D eigenvalue weighted by atomic mass is 9.83. The van der Waals surface area contributed by atoms with Crippen LogP contribution in [0.5, 0.6) is 0 Å². The molecule has 0 fully saturated rings. The van der Waals surface area contributed by atoms with E-state index in [0.717, 1.165) is 36.3 Å². The van der Waals surface area contributed by atoms with Gasteiger partial charge in [-0.3, -0.25) is 0 Å². The Balaban J connectivity index is 1.95. The number of rotatable bonds is 0. The molecule has 0 saturated carbocycles. The van der Waals surface area contributed by atoms with Gasteiger partial charge in [0.05, 0.1) is 0 Å². The van der Waals surface area contributed by atoms with E-state index in [4.69, 9.17) is 9.83 Å². The van der Waals surface area contributed by atoms with Crippen molar-refractivity contribution in [2.45, 2.75) is 51.3 Å². The number of hydrogen-bond acceptors (Lipinski definition) is 4. The molecule has 0 saturated heterocycles. The van der Waals surface area contributed by atoms with E-state index in [1.165, 1.54) is 11.1 Å². The number of aliphatic imine (C=N–C) groups is 1. The van der Waals surface area contributed by atoms with E-state index in [9.17, 15) is 0 Å². The highest BCUT2D eigenvalue weighted by molar-refractivity contribution is 5.82. The lowest BCUT2D eigenvalue weighted by molar-refractivity contribution is -0.154. The third-order valence-electron chi connectivity index (χ3n) is 4.97. The number of nitrogens with one attached hydrogen (secondary N) is 1. The van der Waals surface area contributed by atoms with Crippen molar-refractivity contribution in [1.82, 2.24) is 10.4 Å². The number of nitrogens with zero attached hydrogens (tertiary/aromatic N) is 2. The zero-order valence-electron chi connectivity index (χ0n) is 16.0. The lowest BCUT2D eigenvalue weighted by Gasteiger charge is -2.32.